The van der Waals surface area contributed by atoms with Crippen molar-refractivity contribution in [2.24, 2.45) is 5.16 Å². The summed E-state index contributed by atoms with van der Waals surface area (Å²) in [5.41, 5.74) is 0.203. The third-order valence-corrected chi connectivity index (χ3v) is 2.75. The number of benzene rings is 1. The molecule has 120 valence electrons. The summed E-state index contributed by atoms with van der Waals surface area (Å²) >= 11 is 0. The second-order valence-electron chi connectivity index (χ2n) is 5.82. The number of pyridine rings is 1. The maximum atomic E-state index is 11.0. The number of aromatic nitrogens is 1. The first-order chi connectivity index (χ1) is 10.8. The smallest absolute Gasteiger partial charge is 0.270 e. The van der Waals surface area contributed by atoms with E-state index in [9.17, 15) is 15.2 Å². The van der Waals surface area contributed by atoms with Crippen molar-refractivity contribution in [3.05, 3.63) is 64.0 Å². The number of nitro benzene ring substituents is 1. The molecule has 0 saturated heterocycles. The van der Waals surface area contributed by atoms with Gasteiger partial charge in [0.15, 0.2) is 0 Å². The molecule has 7 nitrogen and oxygen atoms in total. The van der Waals surface area contributed by atoms with Gasteiger partial charge in [0, 0.05) is 23.9 Å². The van der Waals surface area contributed by atoms with Gasteiger partial charge in [-0.05, 0) is 32.9 Å². The van der Waals surface area contributed by atoms with Crippen LogP contribution < -0.4 is 0 Å². The standard InChI is InChI=1S/C16H17N3O4/c1-16(2,3)23-18-14(15-13(20)8-5-9-17-15)11-6-4-7-12(10-11)19(21)22/h4-10,20H,1-3H3. The quantitative estimate of drug-likeness (QED) is 0.530. The van der Waals surface area contributed by atoms with Crippen molar-refractivity contribution in [1.82, 2.24) is 4.98 Å². The Bertz CT molecular complexity index is 751. The molecule has 2 aromatic rings. The van der Waals surface area contributed by atoms with E-state index < -0.39 is 10.5 Å². The molecule has 0 aliphatic heterocycles. The Morgan fingerprint density at radius 2 is 2.04 bits per heavy atom. The zero-order chi connectivity index (χ0) is 17.0. The molecule has 1 aromatic carbocycles. The fourth-order valence-electron chi connectivity index (χ4n) is 1.76. The largest absolute Gasteiger partial charge is 0.506 e. The van der Waals surface area contributed by atoms with E-state index in [2.05, 4.69) is 10.1 Å². The summed E-state index contributed by atoms with van der Waals surface area (Å²) < 4.78 is 0. The van der Waals surface area contributed by atoms with Gasteiger partial charge in [-0.25, -0.2) is 0 Å². The maximum absolute atomic E-state index is 11.0. The lowest BCUT2D eigenvalue weighted by atomic mass is 10.1. The molecule has 0 atom stereocenters. The van der Waals surface area contributed by atoms with Crippen molar-refractivity contribution in [2.45, 2.75) is 26.4 Å². The first-order valence-electron chi connectivity index (χ1n) is 6.93. The van der Waals surface area contributed by atoms with Crippen LogP contribution in [0, 0.1) is 10.1 Å². The monoisotopic (exact) mass is 315 g/mol. The van der Waals surface area contributed by atoms with Crippen LogP contribution in [-0.2, 0) is 4.84 Å². The lowest BCUT2D eigenvalue weighted by Gasteiger charge is -2.17. The fourth-order valence-corrected chi connectivity index (χ4v) is 1.76. The summed E-state index contributed by atoms with van der Waals surface area (Å²) in [6, 6.07) is 8.97. The SMILES string of the molecule is CC(C)(C)ON=C(c1cccc([N+](=O)[O-])c1)c1ncccc1O. The number of oxime groups is 1. The summed E-state index contributed by atoms with van der Waals surface area (Å²) in [4.78, 5) is 20.0. The van der Waals surface area contributed by atoms with Crippen LogP contribution in [0.3, 0.4) is 0 Å². The van der Waals surface area contributed by atoms with E-state index in [4.69, 9.17) is 4.84 Å². The van der Waals surface area contributed by atoms with Crippen LogP contribution in [-0.4, -0.2) is 26.3 Å². The number of nitrogens with zero attached hydrogens (tertiary/aromatic N) is 3. The maximum Gasteiger partial charge on any atom is 0.270 e. The Balaban J connectivity index is 2.56. The van der Waals surface area contributed by atoms with Crippen LogP contribution in [0.2, 0.25) is 0 Å². The van der Waals surface area contributed by atoms with Crippen molar-refractivity contribution in [3.8, 4) is 5.75 Å². The molecular weight excluding hydrogens is 298 g/mol. The second-order valence-corrected chi connectivity index (χ2v) is 5.82. The lowest BCUT2D eigenvalue weighted by Crippen LogP contribution is -2.18. The average Bonchev–Trinajstić information content (AvgIpc) is 2.48. The zero-order valence-electron chi connectivity index (χ0n) is 13.1. The van der Waals surface area contributed by atoms with Gasteiger partial charge in [0.25, 0.3) is 5.69 Å². The molecule has 23 heavy (non-hydrogen) atoms. The van der Waals surface area contributed by atoms with E-state index in [0.29, 0.717) is 5.56 Å². The number of non-ortho nitro benzene ring substituents is 1. The Hall–Kier alpha value is -2.96. The Labute approximate surface area is 133 Å². The van der Waals surface area contributed by atoms with Gasteiger partial charge in [0.05, 0.1) is 4.92 Å². The number of rotatable bonds is 4. The third kappa shape index (κ3) is 4.26. The van der Waals surface area contributed by atoms with Gasteiger partial charge in [0.2, 0.25) is 0 Å². The first-order valence-corrected chi connectivity index (χ1v) is 6.93. The van der Waals surface area contributed by atoms with Crippen LogP contribution in [0.25, 0.3) is 0 Å². The van der Waals surface area contributed by atoms with Gasteiger partial charge in [-0.2, -0.15) is 0 Å². The van der Waals surface area contributed by atoms with Crippen LogP contribution in [0.4, 0.5) is 5.69 Å². The molecule has 7 heteroatoms. The van der Waals surface area contributed by atoms with E-state index in [-0.39, 0.29) is 22.8 Å². The van der Waals surface area contributed by atoms with E-state index in [1.165, 1.54) is 24.4 Å². The molecule has 1 heterocycles. The summed E-state index contributed by atoms with van der Waals surface area (Å²) in [6.45, 7) is 5.46. The average molecular weight is 315 g/mol. The van der Waals surface area contributed by atoms with E-state index in [0.717, 1.165) is 0 Å². The third-order valence-electron chi connectivity index (χ3n) is 2.75. The molecule has 0 unspecified atom stereocenters. The highest BCUT2D eigenvalue weighted by Gasteiger charge is 2.19. The number of hydrogen-bond acceptors (Lipinski definition) is 6. The minimum atomic E-state index is -0.559. The number of hydrogen-bond donors (Lipinski definition) is 1. The number of aromatic hydroxyl groups is 1. The Morgan fingerprint density at radius 3 is 2.65 bits per heavy atom. The van der Waals surface area contributed by atoms with Gasteiger partial charge in [0.1, 0.15) is 22.8 Å². The highest BCUT2D eigenvalue weighted by atomic mass is 16.6. The molecule has 2 rings (SSSR count). The summed E-state index contributed by atoms with van der Waals surface area (Å²) in [5.74, 6) is -0.0877. The highest BCUT2D eigenvalue weighted by molar-refractivity contribution is 6.13. The minimum absolute atomic E-state index is 0.0821. The molecule has 0 bridgehead atoms. The van der Waals surface area contributed by atoms with Crippen molar-refractivity contribution >= 4 is 11.4 Å². The number of nitro groups is 1. The molecule has 1 N–H and O–H groups in total. The summed E-state index contributed by atoms with van der Waals surface area (Å²) in [5, 5.41) is 25.1. The zero-order valence-corrected chi connectivity index (χ0v) is 13.1. The van der Waals surface area contributed by atoms with E-state index in [1.54, 1.807) is 18.2 Å². The predicted octanol–water partition coefficient (Wildman–Crippen LogP) is 3.26. The lowest BCUT2D eigenvalue weighted by molar-refractivity contribution is -0.384. The van der Waals surface area contributed by atoms with Crippen molar-refractivity contribution in [2.75, 3.05) is 0 Å². The van der Waals surface area contributed by atoms with Crippen LogP contribution in [0.15, 0.2) is 47.8 Å². The highest BCUT2D eigenvalue weighted by Crippen LogP contribution is 2.22. The molecule has 0 aliphatic rings. The van der Waals surface area contributed by atoms with E-state index in [1.807, 2.05) is 20.8 Å². The van der Waals surface area contributed by atoms with Crippen molar-refractivity contribution in [3.63, 3.8) is 0 Å². The van der Waals surface area contributed by atoms with Gasteiger partial charge in [-0.15, -0.1) is 0 Å². The van der Waals surface area contributed by atoms with Gasteiger partial charge in [-0.3, -0.25) is 15.1 Å². The molecule has 1 aromatic heterocycles. The van der Waals surface area contributed by atoms with Crippen LogP contribution in [0.5, 0.6) is 5.75 Å². The van der Waals surface area contributed by atoms with Gasteiger partial charge in [-0.1, -0.05) is 17.3 Å². The molecule has 0 aliphatic carbocycles. The van der Waals surface area contributed by atoms with Crippen molar-refractivity contribution < 1.29 is 14.9 Å². The summed E-state index contributed by atoms with van der Waals surface area (Å²) in [6.07, 6.45) is 1.50. The van der Waals surface area contributed by atoms with Gasteiger partial charge < -0.3 is 9.94 Å². The van der Waals surface area contributed by atoms with Crippen LogP contribution >= 0.6 is 0 Å². The summed E-state index contributed by atoms with van der Waals surface area (Å²) in [7, 11) is 0. The Morgan fingerprint density at radius 1 is 1.30 bits per heavy atom. The first kappa shape index (κ1) is 16.4. The van der Waals surface area contributed by atoms with E-state index >= 15 is 0 Å². The molecule has 0 radical (unpaired) electrons. The predicted molar refractivity (Wildman–Crippen MR) is 85.5 cm³/mol. The molecule has 0 saturated carbocycles. The Kier molecular flexibility index (Phi) is 4.59. The topological polar surface area (TPSA) is 97.9 Å². The van der Waals surface area contributed by atoms with Gasteiger partial charge >= 0.3 is 0 Å². The second kappa shape index (κ2) is 6.43. The minimum Gasteiger partial charge on any atom is -0.506 e. The molecular formula is C16H17N3O4. The molecule has 0 fully saturated rings. The van der Waals surface area contributed by atoms with Crippen molar-refractivity contribution in [1.29, 1.82) is 0 Å². The molecule has 0 spiro atoms. The normalized spacial score (nSPS) is 12.0. The molecule has 0 amide bonds. The van der Waals surface area contributed by atoms with Crippen LogP contribution in [0.1, 0.15) is 32.0 Å². The fraction of sp³-hybridized carbons (Fsp3) is 0.250.